The molecule has 6 nitrogen and oxygen atoms in total. The Bertz CT molecular complexity index is 882. The maximum atomic E-state index is 12.3. The number of carbonyl (C=O) groups excluding carboxylic acids is 1. The second kappa shape index (κ2) is 7.94. The molecule has 140 valence electrons. The van der Waals surface area contributed by atoms with Crippen molar-refractivity contribution in [2.75, 3.05) is 33.3 Å². The SMILES string of the molecule is COc1ccc(-c2csc(CN3CCN(C(=O)c4ccco4)CC3)n2)cc1. The van der Waals surface area contributed by atoms with E-state index in [1.807, 2.05) is 29.2 Å². The van der Waals surface area contributed by atoms with E-state index in [1.165, 1.54) is 6.26 Å². The Kier molecular flexibility index (Phi) is 5.22. The molecule has 3 heterocycles. The van der Waals surface area contributed by atoms with Gasteiger partial charge in [0, 0.05) is 37.1 Å². The van der Waals surface area contributed by atoms with E-state index in [0.29, 0.717) is 18.8 Å². The van der Waals surface area contributed by atoms with Gasteiger partial charge in [0.15, 0.2) is 5.76 Å². The molecule has 1 aliphatic rings. The minimum Gasteiger partial charge on any atom is -0.497 e. The van der Waals surface area contributed by atoms with Crippen LogP contribution in [-0.2, 0) is 6.54 Å². The number of hydrogen-bond donors (Lipinski definition) is 0. The Labute approximate surface area is 162 Å². The van der Waals surface area contributed by atoms with Crippen molar-refractivity contribution in [3.8, 4) is 17.0 Å². The lowest BCUT2D eigenvalue weighted by molar-refractivity contribution is 0.0598. The molecule has 0 radical (unpaired) electrons. The Morgan fingerprint density at radius 3 is 2.63 bits per heavy atom. The monoisotopic (exact) mass is 383 g/mol. The third-order valence-corrected chi connectivity index (χ3v) is 5.52. The molecule has 0 saturated carbocycles. The molecule has 1 aliphatic heterocycles. The number of amides is 1. The molecule has 1 fully saturated rings. The second-order valence-corrected chi connectivity index (χ2v) is 7.34. The number of methoxy groups -OCH3 is 1. The van der Waals surface area contributed by atoms with Gasteiger partial charge in [0.05, 0.1) is 25.6 Å². The zero-order chi connectivity index (χ0) is 18.6. The summed E-state index contributed by atoms with van der Waals surface area (Å²) in [6, 6.07) is 11.4. The lowest BCUT2D eigenvalue weighted by Gasteiger charge is -2.33. The molecule has 3 aromatic rings. The average molecular weight is 383 g/mol. The van der Waals surface area contributed by atoms with Crippen molar-refractivity contribution >= 4 is 17.2 Å². The molecular weight excluding hydrogens is 362 g/mol. The van der Waals surface area contributed by atoms with Gasteiger partial charge in [-0.15, -0.1) is 11.3 Å². The van der Waals surface area contributed by atoms with Gasteiger partial charge < -0.3 is 14.1 Å². The Balaban J connectivity index is 1.33. The minimum atomic E-state index is -0.0318. The van der Waals surface area contributed by atoms with Crippen molar-refractivity contribution in [3.63, 3.8) is 0 Å². The van der Waals surface area contributed by atoms with Gasteiger partial charge in [-0.2, -0.15) is 0 Å². The molecule has 7 heteroatoms. The van der Waals surface area contributed by atoms with Gasteiger partial charge in [-0.05, 0) is 36.4 Å². The molecule has 1 aromatic carbocycles. The maximum Gasteiger partial charge on any atom is 0.289 e. The van der Waals surface area contributed by atoms with Crippen molar-refractivity contribution in [1.29, 1.82) is 0 Å². The second-order valence-electron chi connectivity index (χ2n) is 6.40. The van der Waals surface area contributed by atoms with E-state index in [4.69, 9.17) is 14.1 Å². The van der Waals surface area contributed by atoms with Crippen LogP contribution in [0.5, 0.6) is 5.75 Å². The number of aromatic nitrogens is 1. The van der Waals surface area contributed by atoms with Gasteiger partial charge in [-0.3, -0.25) is 9.69 Å². The van der Waals surface area contributed by atoms with Crippen molar-refractivity contribution in [3.05, 3.63) is 58.8 Å². The number of carbonyl (C=O) groups is 1. The summed E-state index contributed by atoms with van der Waals surface area (Å²) < 4.78 is 10.4. The Morgan fingerprint density at radius 2 is 1.96 bits per heavy atom. The first kappa shape index (κ1) is 17.8. The first-order valence-electron chi connectivity index (χ1n) is 8.87. The van der Waals surface area contributed by atoms with Crippen LogP contribution < -0.4 is 4.74 Å². The fraction of sp³-hybridized carbons (Fsp3) is 0.300. The Hall–Kier alpha value is -2.64. The zero-order valence-electron chi connectivity index (χ0n) is 15.1. The normalized spacial score (nSPS) is 15.1. The van der Waals surface area contributed by atoms with Crippen LogP contribution in [0.25, 0.3) is 11.3 Å². The minimum absolute atomic E-state index is 0.0318. The van der Waals surface area contributed by atoms with Gasteiger partial charge in [-0.25, -0.2) is 4.98 Å². The van der Waals surface area contributed by atoms with E-state index in [2.05, 4.69) is 10.3 Å². The molecule has 0 unspecified atom stereocenters. The van der Waals surface area contributed by atoms with E-state index in [9.17, 15) is 4.79 Å². The predicted octanol–water partition coefficient (Wildman–Crippen LogP) is 3.37. The summed E-state index contributed by atoms with van der Waals surface area (Å²) in [5.74, 6) is 1.22. The third-order valence-electron chi connectivity index (χ3n) is 4.69. The molecule has 0 spiro atoms. The third kappa shape index (κ3) is 4.04. The lowest BCUT2D eigenvalue weighted by Crippen LogP contribution is -2.48. The highest BCUT2D eigenvalue weighted by molar-refractivity contribution is 7.09. The molecule has 0 atom stereocenters. The van der Waals surface area contributed by atoms with Crippen LogP contribution in [-0.4, -0.2) is 54.0 Å². The van der Waals surface area contributed by atoms with E-state index in [1.54, 1.807) is 30.6 Å². The summed E-state index contributed by atoms with van der Waals surface area (Å²) in [4.78, 5) is 21.3. The van der Waals surface area contributed by atoms with Crippen LogP contribution in [0, 0.1) is 0 Å². The number of thiazole rings is 1. The molecule has 4 rings (SSSR count). The highest BCUT2D eigenvalue weighted by Gasteiger charge is 2.24. The highest BCUT2D eigenvalue weighted by Crippen LogP contribution is 2.25. The van der Waals surface area contributed by atoms with Crippen LogP contribution in [0.15, 0.2) is 52.5 Å². The van der Waals surface area contributed by atoms with Crippen LogP contribution >= 0.6 is 11.3 Å². The molecular formula is C20H21N3O3S. The molecule has 1 amide bonds. The fourth-order valence-electron chi connectivity index (χ4n) is 3.13. The molecule has 0 bridgehead atoms. The largest absolute Gasteiger partial charge is 0.497 e. The van der Waals surface area contributed by atoms with Crippen LogP contribution in [0.4, 0.5) is 0 Å². The quantitative estimate of drug-likeness (QED) is 0.676. The topological polar surface area (TPSA) is 58.8 Å². The average Bonchev–Trinajstić information content (AvgIpc) is 3.40. The molecule has 0 N–H and O–H groups in total. The van der Waals surface area contributed by atoms with E-state index >= 15 is 0 Å². The standard InChI is InChI=1S/C20H21N3O3S/c1-25-16-6-4-15(5-7-16)17-14-27-19(21-17)13-22-8-10-23(11-9-22)20(24)18-3-2-12-26-18/h2-7,12,14H,8-11,13H2,1H3. The summed E-state index contributed by atoms with van der Waals surface area (Å²) >= 11 is 1.67. The molecule has 2 aromatic heterocycles. The first-order chi connectivity index (χ1) is 13.2. The van der Waals surface area contributed by atoms with E-state index in [-0.39, 0.29) is 5.91 Å². The fourth-order valence-corrected chi connectivity index (χ4v) is 3.98. The van der Waals surface area contributed by atoms with Gasteiger partial charge >= 0.3 is 0 Å². The van der Waals surface area contributed by atoms with Crippen molar-refractivity contribution in [1.82, 2.24) is 14.8 Å². The number of rotatable bonds is 5. The van der Waals surface area contributed by atoms with E-state index in [0.717, 1.165) is 41.6 Å². The number of furan rings is 1. The van der Waals surface area contributed by atoms with Crippen molar-refractivity contribution in [2.45, 2.75) is 6.54 Å². The highest BCUT2D eigenvalue weighted by atomic mass is 32.1. The van der Waals surface area contributed by atoms with E-state index < -0.39 is 0 Å². The van der Waals surface area contributed by atoms with Crippen LogP contribution in [0.3, 0.4) is 0 Å². The summed E-state index contributed by atoms with van der Waals surface area (Å²) in [7, 11) is 1.66. The number of piperazine rings is 1. The summed E-state index contributed by atoms with van der Waals surface area (Å²) in [5.41, 5.74) is 2.08. The number of benzene rings is 1. The summed E-state index contributed by atoms with van der Waals surface area (Å²) in [6.07, 6.45) is 1.53. The zero-order valence-corrected chi connectivity index (χ0v) is 15.9. The summed E-state index contributed by atoms with van der Waals surface area (Å²) in [6.45, 7) is 3.89. The predicted molar refractivity (Wildman–Crippen MR) is 104 cm³/mol. The molecule has 0 aliphatic carbocycles. The first-order valence-corrected chi connectivity index (χ1v) is 9.75. The van der Waals surface area contributed by atoms with Crippen LogP contribution in [0.2, 0.25) is 0 Å². The van der Waals surface area contributed by atoms with Gasteiger partial charge in [0.25, 0.3) is 5.91 Å². The van der Waals surface area contributed by atoms with Gasteiger partial charge in [-0.1, -0.05) is 0 Å². The number of nitrogens with zero attached hydrogens (tertiary/aromatic N) is 3. The summed E-state index contributed by atoms with van der Waals surface area (Å²) in [5, 5.41) is 3.18. The Morgan fingerprint density at radius 1 is 1.19 bits per heavy atom. The number of ether oxygens (including phenoxy) is 1. The van der Waals surface area contributed by atoms with Crippen molar-refractivity contribution in [2.24, 2.45) is 0 Å². The number of hydrogen-bond acceptors (Lipinski definition) is 6. The van der Waals surface area contributed by atoms with Crippen molar-refractivity contribution < 1.29 is 13.9 Å². The van der Waals surface area contributed by atoms with Gasteiger partial charge in [0.2, 0.25) is 0 Å². The lowest BCUT2D eigenvalue weighted by atomic mass is 10.2. The van der Waals surface area contributed by atoms with Crippen LogP contribution in [0.1, 0.15) is 15.6 Å². The molecule has 27 heavy (non-hydrogen) atoms. The maximum absolute atomic E-state index is 12.3. The van der Waals surface area contributed by atoms with Gasteiger partial charge in [0.1, 0.15) is 10.8 Å². The smallest absolute Gasteiger partial charge is 0.289 e. The molecule has 1 saturated heterocycles.